The molecule has 0 saturated carbocycles. The van der Waals surface area contributed by atoms with Crippen LogP contribution >= 0.6 is 22.3 Å². The third-order valence-electron chi connectivity index (χ3n) is 1.37. The number of nitriles is 1. The zero-order chi connectivity index (χ0) is 10.9. The van der Waals surface area contributed by atoms with Crippen LogP contribution in [0.3, 0.4) is 0 Å². The van der Waals surface area contributed by atoms with Crippen LogP contribution in [0.2, 0.25) is 5.02 Å². The van der Waals surface area contributed by atoms with Crippen molar-refractivity contribution >= 4 is 31.3 Å². The summed E-state index contributed by atoms with van der Waals surface area (Å²) in [4.78, 5) is -0.806. The van der Waals surface area contributed by atoms with E-state index in [1.807, 2.05) is 0 Å². The predicted octanol–water partition coefficient (Wildman–Crippen LogP) is 2.28. The van der Waals surface area contributed by atoms with Crippen molar-refractivity contribution in [3.63, 3.8) is 0 Å². The van der Waals surface area contributed by atoms with Gasteiger partial charge in [0.2, 0.25) is 0 Å². The molecular weight excluding hydrogens is 252 g/mol. The molecule has 0 spiro atoms. The molecule has 14 heavy (non-hydrogen) atoms. The second-order valence-corrected chi connectivity index (χ2v) is 5.23. The molecule has 0 unspecified atom stereocenters. The normalized spacial score (nSPS) is 11.0. The fourth-order valence-corrected chi connectivity index (χ4v) is 2.54. The van der Waals surface area contributed by atoms with Crippen molar-refractivity contribution < 1.29 is 12.8 Å². The van der Waals surface area contributed by atoms with Crippen LogP contribution in [-0.2, 0) is 9.05 Å². The zero-order valence-electron chi connectivity index (χ0n) is 6.46. The van der Waals surface area contributed by atoms with Crippen molar-refractivity contribution in [1.82, 2.24) is 0 Å². The third kappa shape index (κ3) is 2.15. The average molecular weight is 254 g/mol. The van der Waals surface area contributed by atoms with Gasteiger partial charge in [0.15, 0.2) is 0 Å². The maximum atomic E-state index is 13.1. The smallest absolute Gasteiger partial charge is 0.207 e. The third-order valence-corrected chi connectivity index (χ3v) is 3.15. The summed E-state index contributed by atoms with van der Waals surface area (Å²) in [5.74, 6) is -1.14. The summed E-state index contributed by atoms with van der Waals surface area (Å²) >= 11 is 5.44. The molecule has 0 fully saturated rings. The van der Waals surface area contributed by atoms with Gasteiger partial charge in [-0.05, 0) is 12.1 Å². The highest BCUT2D eigenvalue weighted by atomic mass is 35.7. The molecule has 0 heterocycles. The number of hydrogen-bond acceptors (Lipinski definition) is 3. The summed E-state index contributed by atoms with van der Waals surface area (Å²) in [6, 6.07) is 3.40. The monoisotopic (exact) mass is 253 g/mol. The zero-order valence-corrected chi connectivity index (χ0v) is 8.79. The molecule has 74 valence electrons. The average Bonchev–Trinajstić information content (AvgIpc) is 1.99. The van der Waals surface area contributed by atoms with Crippen LogP contribution in [0, 0.1) is 17.1 Å². The molecule has 1 rings (SSSR count). The molecular formula is C7H2Cl2FNO2S. The topological polar surface area (TPSA) is 57.9 Å². The molecule has 0 aliphatic heterocycles. The van der Waals surface area contributed by atoms with E-state index < -0.39 is 24.8 Å². The van der Waals surface area contributed by atoms with Gasteiger partial charge in [0.05, 0.1) is 16.7 Å². The van der Waals surface area contributed by atoms with E-state index in [0.717, 1.165) is 12.1 Å². The molecule has 0 atom stereocenters. The summed E-state index contributed by atoms with van der Waals surface area (Å²) < 4.78 is 34.8. The lowest BCUT2D eigenvalue weighted by Crippen LogP contribution is -1.97. The van der Waals surface area contributed by atoms with Gasteiger partial charge in [0.1, 0.15) is 10.7 Å². The van der Waals surface area contributed by atoms with E-state index in [-0.39, 0.29) is 5.56 Å². The maximum absolute atomic E-state index is 13.1. The van der Waals surface area contributed by atoms with Gasteiger partial charge in [-0.25, -0.2) is 12.8 Å². The number of benzene rings is 1. The minimum atomic E-state index is -4.23. The van der Waals surface area contributed by atoms with Crippen molar-refractivity contribution in [3.8, 4) is 6.07 Å². The lowest BCUT2D eigenvalue weighted by molar-refractivity contribution is 0.575. The molecule has 0 aliphatic carbocycles. The number of nitrogens with zero attached hydrogens (tertiary/aromatic N) is 1. The Balaban J connectivity index is 3.59. The van der Waals surface area contributed by atoms with Gasteiger partial charge < -0.3 is 0 Å². The quantitative estimate of drug-likeness (QED) is 0.722. The summed E-state index contributed by atoms with van der Waals surface area (Å²) in [6.07, 6.45) is 0. The highest BCUT2D eigenvalue weighted by molar-refractivity contribution is 8.13. The Morgan fingerprint density at radius 1 is 1.43 bits per heavy atom. The molecule has 0 aromatic heterocycles. The molecule has 3 nitrogen and oxygen atoms in total. The van der Waals surface area contributed by atoms with E-state index >= 15 is 0 Å². The Labute approximate surface area is 89.1 Å². The largest absolute Gasteiger partial charge is 0.265 e. The van der Waals surface area contributed by atoms with Crippen LogP contribution in [0.5, 0.6) is 0 Å². The first-order valence-electron chi connectivity index (χ1n) is 3.20. The van der Waals surface area contributed by atoms with E-state index in [0.29, 0.717) is 0 Å². The van der Waals surface area contributed by atoms with Crippen molar-refractivity contribution in [2.24, 2.45) is 0 Å². The van der Waals surface area contributed by atoms with Crippen molar-refractivity contribution in [2.45, 2.75) is 4.90 Å². The Kier molecular flexibility index (Phi) is 3.00. The molecule has 0 amide bonds. The van der Waals surface area contributed by atoms with Crippen LogP contribution in [0.4, 0.5) is 4.39 Å². The summed E-state index contributed by atoms with van der Waals surface area (Å²) in [7, 11) is 0.696. The van der Waals surface area contributed by atoms with Crippen LogP contribution < -0.4 is 0 Å². The Bertz CT molecular complexity index is 498. The SMILES string of the molecule is N#Cc1cc(F)c(S(=O)(=O)Cl)c(Cl)c1. The van der Waals surface area contributed by atoms with Crippen molar-refractivity contribution in [3.05, 3.63) is 28.5 Å². The van der Waals surface area contributed by atoms with Gasteiger partial charge in [-0.1, -0.05) is 11.6 Å². The van der Waals surface area contributed by atoms with Gasteiger partial charge >= 0.3 is 0 Å². The second kappa shape index (κ2) is 3.73. The van der Waals surface area contributed by atoms with E-state index in [2.05, 4.69) is 0 Å². The lowest BCUT2D eigenvalue weighted by Gasteiger charge is -2.01. The van der Waals surface area contributed by atoms with Gasteiger partial charge in [-0.2, -0.15) is 5.26 Å². The molecule has 1 aromatic carbocycles. The molecule has 1 aromatic rings. The lowest BCUT2D eigenvalue weighted by atomic mass is 10.2. The predicted molar refractivity (Wildman–Crippen MR) is 49.2 cm³/mol. The van der Waals surface area contributed by atoms with E-state index in [1.165, 1.54) is 0 Å². The fourth-order valence-electron chi connectivity index (χ4n) is 0.857. The van der Waals surface area contributed by atoms with Gasteiger partial charge in [0.25, 0.3) is 9.05 Å². The molecule has 0 saturated heterocycles. The molecule has 0 aliphatic rings. The van der Waals surface area contributed by atoms with E-state index in [1.54, 1.807) is 6.07 Å². The summed E-state index contributed by atoms with van der Waals surface area (Å²) in [5, 5.41) is 8.02. The number of hydrogen-bond donors (Lipinski definition) is 0. The van der Waals surface area contributed by atoms with Gasteiger partial charge in [0, 0.05) is 10.7 Å². The molecule has 0 radical (unpaired) electrons. The van der Waals surface area contributed by atoms with Crippen LogP contribution in [0.1, 0.15) is 5.56 Å². The van der Waals surface area contributed by atoms with E-state index in [4.69, 9.17) is 27.5 Å². The van der Waals surface area contributed by atoms with Crippen LogP contribution in [0.25, 0.3) is 0 Å². The van der Waals surface area contributed by atoms with Gasteiger partial charge in [-0.15, -0.1) is 0 Å². The van der Waals surface area contributed by atoms with Crippen LogP contribution in [0.15, 0.2) is 17.0 Å². The second-order valence-electron chi connectivity index (χ2n) is 2.32. The van der Waals surface area contributed by atoms with Crippen LogP contribution in [-0.4, -0.2) is 8.42 Å². The first-order chi connectivity index (χ1) is 6.36. The van der Waals surface area contributed by atoms with Crippen molar-refractivity contribution in [1.29, 1.82) is 5.26 Å². The Hall–Kier alpha value is -0.830. The molecule has 0 N–H and O–H groups in total. The molecule has 7 heteroatoms. The Morgan fingerprint density at radius 3 is 2.36 bits per heavy atom. The molecule has 0 bridgehead atoms. The number of rotatable bonds is 1. The first-order valence-corrected chi connectivity index (χ1v) is 5.89. The maximum Gasteiger partial charge on any atom is 0.265 e. The van der Waals surface area contributed by atoms with Crippen molar-refractivity contribution in [2.75, 3.05) is 0 Å². The minimum absolute atomic E-state index is 0.0726. The number of halogens is 3. The summed E-state index contributed by atoms with van der Waals surface area (Å²) in [5.41, 5.74) is -0.0726. The highest BCUT2D eigenvalue weighted by Gasteiger charge is 2.21. The Morgan fingerprint density at radius 2 is 2.00 bits per heavy atom. The van der Waals surface area contributed by atoms with E-state index in [9.17, 15) is 12.8 Å². The van der Waals surface area contributed by atoms with Gasteiger partial charge in [-0.3, -0.25) is 0 Å². The first kappa shape index (κ1) is 11.2. The summed E-state index contributed by atoms with van der Waals surface area (Å²) in [6.45, 7) is 0. The fraction of sp³-hybridized carbons (Fsp3) is 0. The minimum Gasteiger partial charge on any atom is -0.207 e. The highest BCUT2D eigenvalue weighted by Crippen LogP contribution is 2.28. The standard InChI is InChI=1S/C7H2Cl2FNO2S/c8-5-1-4(3-11)2-6(10)7(5)14(9,12)13/h1-2H.